The van der Waals surface area contributed by atoms with Gasteiger partial charge in [-0.3, -0.25) is 0 Å². The van der Waals surface area contributed by atoms with Gasteiger partial charge in [0.25, 0.3) is 0 Å². The molecule has 0 fully saturated rings. The second-order valence-electron chi connectivity index (χ2n) is 7.57. The van der Waals surface area contributed by atoms with Crippen LogP contribution in [-0.4, -0.2) is 0 Å². The first-order chi connectivity index (χ1) is 12.6. The summed E-state index contributed by atoms with van der Waals surface area (Å²) in [5, 5.41) is 3.42. The summed E-state index contributed by atoms with van der Waals surface area (Å²) >= 11 is 6.34. The average Bonchev–Trinajstić information content (AvgIpc) is 2.89. The van der Waals surface area contributed by atoms with Gasteiger partial charge in [-0.25, -0.2) is 0 Å². The van der Waals surface area contributed by atoms with Crippen molar-refractivity contribution >= 4 is 22.4 Å². The molecule has 0 saturated carbocycles. The van der Waals surface area contributed by atoms with Crippen LogP contribution < -0.4 is 0 Å². The van der Waals surface area contributed by atoms with Crippen molar-refractivity contribution in [1.29, 1.82) is 0 Å². The van der Waals surface area contributed by atoms with E-state index in [0.29, 0.717) is 0 Å². The number of hydrogen-bond donors (Lipinski definition) is 0. The van der Waals surface area contributed by atoms with Crippen molar-refractivity contribution in [3.05, 3.63) is 95.0 Å². The monoisotopic (exact) mass is 354 g/mol. The van der Waals surface area contributed by atoms with Crippen LogP contribution in [0, 0.1) is 0 Å². The van der Waals surface area contributed by atoms with E-state index in [1.54, 1.807) is 0 Å². The maximum atomic E-state index is 6.34. The van der Waals surface area contributed by atoms with E-state index in [9.17, 15) is 0 Å². The molecule has 5 rings (SSSR count). The Morgan fingerprint density at radius 2 is 1.35 bits per heavy atom. The lowest BCUT2D eigenvalue weighted by Gasteiger charge is -2.23. The topological polar surface area (TPSA) is 0 Å². The van der Waals surface area contributed by atoms with Gasteiger partial charge in [0.15, 0.2) is 0 Å². The molecule has 0 spiro atoms. The Balaban J connectivity index is 1.94. The summed E-state index contributed by atoms with van der Waals surface area (Å²) in [6.07, 6.45) is 0. The molecule has 1 aliphatic rings. The van der Waals surface area contributed by atoms with Gasteiger partial charge < -0.3 is 0 Å². The molecular formula is C25H19Cl. The lowest BCUT2D eigenvalue weighted by atomic mass is 9.80. The molecule has 0 atom stereocenters. The standard InChI is InChI=1S/C25H19Cl/c1-25(2)22-14-17(26)12-13-20(22)24-19-11-7-6-10-18(19)21(15-23(24)25)16-8-4-3-5-9-16/h3-15H,1-2H3. The van der Waals surface area contributed by atoms with E-state index in [1.807, 2.05) is 6.07 Å². The van der Waals surface area contributed by atoms with Crippen molar-refractivity contribution in [3.8, 4) is 22.3 Å². The Labute approximate surface area is 159 Å². The highest BCUT2D eigenvalue weighted by Crippen LogP contribution is 2.53. The molecule has 1 aliphatic carbocycles. The Bertz CT molecular complexity index is 1150. The minimum absolute atomic E-state index is 0.0663. The van der Waals surface area contributed by atoms with Crippen molar-refractivity contribution in [2.24, 2.45) is 0 Å². The van der Waals surface area contributed by atoms with Crippen LogP contribution in [0.5, 0.6) is 0 Å². The van der Waals surface area contributed by atoms with Gasteiger partial charge in [0.05, 0.1) is 0 Å². The summed E-state index contributed by atoms with van der Waals surface area (Å²) < 4.78 is 0. The van der Waals surface area contributed by atoms with Crippen molar-refractivity contribution < 1.29 is 0 Å². The lowest BCUT2D eigenvalue weighted by Crippen LogP contribution is -2.15. The van der Waals surface area contributed by atoms with Gasteiger partial charge in [-0.1, -0.05) is 86.1 Å². The van der Waals surface area contributed by atoms with Crippen LogP contribution in [0.3, 0.4) is 0 Å². The zero-order valence-corrected chi connectivity index (χ0v) is 15.6. The van der Waals surface area contributed by atoms with Crippen LogP contribution in [0.15, 0.2) is 78.9 Å². The Hall–Kier alpha value is -2.57. The van der Waals surface area contributed by atoms with E-state index in [0.717, 1.165) is 5.02 Å². The quantitative estimate of drug-likeness (QED) is 0.332. The van der Waals surface area contributed by atoms with Crippen molar-refractivity contribution in [1.82, 2.24) is 0 Å². The molecule has 0 heterocycles. The van der Waals surface area contributed by atoms with Crippen LogP contribution in [-0.2, 0) is 5.41 Å². The first-order valence-corrected chi connectivity index (χ1v) is 9.37. The zero-order chi connectivity index (χ0) is 17.9. The fourth-order valence-electron chi connectivity index (χ4n) is 4.41. The summed E-state index contributed by atoms with van der Waals surface area (Å²) in [6, 6.07) is 28.1. The number of halogens is 1. The second kappa shape index (κ2) is 5.46. The van der Waals surface area contributed by atoms with Gasteiger partial charge in [-0.2, -0.15) is 0 Å². The summed E-state index contributed by atoms with van der Waals surface area (Å²) in [6.45, 7) is 4.61. The van der Waals surface area contributed by atoms with Crippen LogP contribution >= 0.6 is 11.6 Å². The summed E-state index contributed by atoms with van der Waals surface area (Å²) in [5.74, 6) is 0. The number of rotatable bonds is 1. The molecule has 26 heavy (non-hydrogen) atoms. The molecule has 0 amide bonds. The molecule has 0 bridgehead atoms. The second-order valence-corrected chi connectivity index (χ2v) is 8.01. The molecule has 4 aromatic rings. The van der Waals surface area contributed by atoms with E-state index in [2.05, 4.69) is 86.6 Å². The van der Waals surface area contributed by atoms with Crippen LogP contribution in [0.25, 0.3) is 33.0 Å². The molecule has 1 heteroatoms. The third-order valence-corrected chi connectivity index (χ3v) is 5.96. The van der Waals surface area contributed by atoms with Gasteiger partial charge >= 0.3 is 0 Å². The maximum absolute atomic E-state index is 6.34. The molecule has 0 saturated heterocycles. The smallest absolute Gasteiger partial charge is 0.0409 e. The Morgan fingerprint density at radius 3 is 2.12 bits per heavy atom. The summed E-state index contributed by atoms with van der Waals surface area (Å²) in [7, 11) is 0. The van der Waals surface area contributed by atoms with Crippen LogP contribution in [0.1, 0.15) is 25.0 Å². The average molecular weight is 355 g/mol. The van der Waals surface area contributed by atoms with E-state index >= 15 is 0 Å². The van der Waals surface area contributed by atoms with Gasteiger partial charge in [0, 0.05) is 10.4 Å². The zero-order valence-electron chi connectivity index (χ0n) is 14.9. The number of benzene rings is 4. The summed E-state index contributed by atoms with van der Waals surface area (Å²) in [5.41, 5.74) is 7.86. The Kier molecular flexibility index (Phi) is 3.29. The van der Waals surface area contributed by atoms with E-state index in [1.165, 1.54) is 44.2 Å². The molecule has 4 aromatic carbocycles. The highest BCUT2D eigenvalue weighted by Gasteiger charge is 2.37. The minimum Gasteiger partial charge on any atom is -0.0843 e. The first-order valence-electron chi connectivity index (χ1n) is 8.99. The van der Waals surface area contributed by atoms with Gasteiger partial charge in [0.2, 0.25) is 0 Å². The molecule has 0 radical (unpaired) electrons. The van der Waals surface area contributed by atoms with E-state index < -0.39 is 0 Å². The molecule has 0 nitrogen and oxygen atoms in total. The normalized spacial score (nSPS) is 14.3. The van der Waals surface area contributed by atoms with Gasteiger partial charge in [-0.05, 0) is 62.4 Å². The van der Waals surface area contributed by atoms with E-state index in [-0.39, 0.29) is 5.41 Å². The fraction of sp³-hybridized carbons (Fsp3) is 0.120. The van der Waals surface area contributed by atoms with Crippen molar-refractivity contribution in [2.75, 3.05) is 0 Å². The molecular weight excluding hydrogens is 336 g/mol. The molecule has 0 aliphatic heterocycles. The molecule has 0 aromatic heterocycles. The van der Waals surface area contributed by atoms with Crippen LogP contribution in [0.4, 0.5) is 0 Å². The van der Waals surface area contributed by atoms with E-state index in [4.69, 9.17) is 11.6 Å². The third-order valence-electron chi connectivity index (χ3n) is 5.73. The van der Waals surface area contributed by atoms with Crippen LogP contribution in [0.2, 0.25) is 5.02 Å². The maximum Gasteiger partial charge on any atom is 0.0409 e. The largest absolute Gasteiger partial charge is 0.0843 e. The van der Waals surface area contributed by atoms with Gasteiger partial charge in [-0.15, -0.1) is 0 Å². The van der Waals surface area contributed by atoms with Crippen molar-refractivity contribution in [2.45, 2.75) is 19.3 Å². The molecule has 126 valence electrons. The SMILES string of the molecule is CC1(C)c2cc(Cl)ccc2-c2c1cc(-c1ccccc1)c1ccccc21. The molecule has 0 N–H and O–H groups in total. The lowest BCUT2D eigenvalue weighted by molar-refractivity contribution is 0.661. The fourth-order valence-corrected chi connectivity index (χ4v) is 4.58. The number of hydrogen-bond acceptors (Lipinski definition) is 0. The van der Waals surface area contributed by atoms with Crippen molar-refractivity contribution in [3.63, 3.8) is 0 Å². The molecule has 0 unspecified atom stereocenters. The third kappa shape index (κ3) is 2.09. The number of fused-ring (bicyclic) bond motifs is 5. The van der Waals surface area contributed by atoms with Gasteiger partial charge in [0.1, 0.15) is 0 Å². The highest BCUT2D eigenvalue weighted by atomic mass is 35.5. The summed E-state index contributed by atoms with van der Waals surface area (Å²) in [4.78, 5) is 0. The highest BCUT2D eigenvalue weighted by molar-refractivity contribution is 6.30. The predicted molar refractivity (Wildman–Crippen MR) is 112 cm³/mol. The minimum atomic E-state index is -0.0663. The first kappa shape index (κ1) is 15.7. The Morgan fingerprint density at radius 1 is 0.654 bits per heavy atom. The predicted octanol–water partition coefficient (Wildman–Crippen LogP) is 7.47.